The zero-order valence-corrected chi connectivity index (χ0v) is 14.5. The van der Waals surface area contributed by atoms with Gasteiger partial charge in [-0.1, -0.05) is 23.8 Å². The molecule has 1 aromatic carbocycles. The molecule has 1 N–H and O–H groups in total. The molecule has 4 nitrogen and oxygen atoms in total. The monoisotopic (exact) mass is 340 g/mol. The normalized spacial score (nSPS) is 14.1. The lowest BCUT2D eigenvalue weighted by Gasteiger charge is -2.13. The first-order valence-electron chi connectivity index (χ1n) is 8.42. The van der Waals surface area contributed by atoms with E-state index in [-0.39, 0.29) is 18.7 Å². The molecule has 0 saturated carbocycles. The Morgan fingerprint density at radius 3 is 2.92 bits per heavy atom. The van der Waals surface area contributed by atoms with Crippen molar-refractivity contribution in [2.24, 2.45) is 0 Å². The maximum absolute atomic E-state index is 13.1. The third-order valence-corrected chi connectivity index (χ3v) is 5.86. The lowest BCUT2D eigenvalue weighted by atomic mass is 9.97. The maximum atomic E-state index is 13.1. The quantitative estimate of drug-likeness (QED) is 0.796. The van der Waals surface area contributed by atoms with Crippen molar-refractivity contribution in [3.8, 4) is 11.4 Å². The Morgan fingerprint density at radius 1 is 1.29 bits per heavy atom. The van der Waals surface area contributed by atoms with E-state index in [9.17, 15) is 9.90 Å². The summed E-state index contributed by atoms with van der Waals surface area (Å²) in [4.78, 5) is 20.2. The molecular weight excluding hydrogens is 320 g/mol. The van der Waals surface area contributed by atoms with Crippen molar-refractivity contribution < 1.29 is 5.11 Å². The van der Waals surface area contributed by atoms with E-state index in [1.54, 1.807) is 15.9 Å². The Balaban J connectivity index is 2.03. The van der Waals surface area contributed by atoms with Crippen molar-refractivity contribution in [1.29, 1.82) is 0 Å². The summed E-state index contributed by atoms with van der Waals surface area (Å²) in [5.74, 6) is 0.656. The summed E-state index contributed by atoms with van der Waals surface area (Å²) in [6.07, 6.45) is 4.35. The van der Waals surface area contributed by atoms with E-state index in [2.05, 4.69) is 0 Å². The van der Waals surface area contributed by atoms with Crippen LogP contribution in [0.4, 0.5) is 0 Å². The summed E-state index contributed by atoms with van der Waals surface area (Å²) in [7, 11) is 0. The molecule has 0 amide bonds. The Kier molecular flexibility index (Phi) is 3.98. The van der Waals surface area contributed by atoms with Crippen molar-refractivity contribution in [3.05, 3.63) is 50.6 Å². The van der Waals surface area contributed by atoms with E-state index < -0.39 is 0 Å². The number of nitrogens with zero attached hydrogens (tertiary/aromatic N) is 2. The first-order chi connectivity index (χ1) is 11.7. The van der Waals surface area contributed by atoms with Gasteiger partial charge in [-0.15, -0.1) is 11.3 Å². The fraction of sp³-hybridized carbons (Fsp3) is 0.368. The highest BCUT2D eigenvalue weighted by atomic mass is 32.1. The third kappa shape index (κ3) is 2.48. The summed E-state index contributed by atoms with van der Waals surface area (Å²) in [5.41, 5.74) is 3.24. The van der Waals surface area contributed by atoms with Crippen LogP contribution in [0.1, 0.15) is 28.8 Å². The van der Waals surface area contributed by atoms with Gasteiger partial charge in [-0.3, -0.25) is 9.36 Å². The molecule has 2 heterocycles. The number of aliphatic hydroxyl groups is 1. The molecule has 0 radical (unpaired) electrons. The minimum atomic E-state index is -0.0712. The van der Waals surface area contributed by atoms with Crippen LogP contribution in [0.25, 0.3) is 21.6 Å². The smallest absolute Gasteiger partial charge is 0.262 e. The van der Waals surface area contributed by atoms with Gasteiger partial charge in [0, 0.05) is 10.4 Å². The van der Waals surface area contributed by atoms with E-state index in [0.29, 0.717) is 5.82 Å². The molecular formula is C19H20N2O2S. The van der Waals surface area contributed by atoms with Crippen LogP contribution in [0.2, 0.25) is 0 Å². The summed E-state index contributed by atoms with van der Waals surface area (Å²) < 4.78 is 1.64. The van der Waals surface area contributed by atoms with Gasteiger partial charge in [-0.2, -0.15) is 0 Å². The number of aliphatic hydroxyl groups excluding tert-OH is 1. The predicted molar refractivity (Wildman–Crippen MR) is 97.8 cm³/mol. The zero-order valence-electron chi connectivity index (χ0n) is 13.7. The largest absolute Gasteiger partial charge is 0.395 e. The second kappa shape index (κ2) is 6.15. The third-order valence-electron chi connectivity index (χ3n) is 4.67. The van der Waals surface area contributed by atoms with Gasteiger partial charge in [0.2, 0.25) is 0 Å². The minimum Gasteiger partial charge on any atom is -0.395 e. The highest BCUT2D eigenvalue weighted by molar-refractivity contribution is 7.18. The van der Waals surface area contributed by atoms with Gasteiger partial charge in [0.15, 0.2) is 0 Å². The van der Waals surface area contributed by atoms with Crippen molar-refractivity contribution in [3.63, 3.8) is 0 Å². The number of fused-ring (bicyclic) bond motifs is 3. The molecule has 0 saturated heterocycles. The van der Waals surface area contributed by atoms with Crippen molar-refractivity contribution >= 4 is 21.6 Å². The minimum absolute atomic E-state index is 0.00930. The van der Waals surface area contributed by atoms with Crippen LogP contribution in [0, 0.1) is 6.92 Å². The topological polar surface area (TPSA) is 55.1 Å². The van der Waals surface area contributed by atoms with Gasteiger partial charge in [0.1, 0.15) is 10.7 Å². The average molecular weight is 340 g/mol. The number of hydrogen-bond donors (Lipinski definition) is 1. The number of thiophene rings is 1. The van der Waals surface area contributed by atoms with E-state index >= 15 is 0 Å². The van der Waals surface area contributed by atoms with Crippen LogP contribution >= 0.6 is 11.3 Å². The number of aryl methyl sites for hydroxylation is 3. The van der Waals surface area contributed by atoms with Gasteiger partial charge >= 0.3 is 0 Å². The second-order valence-corrected chi connectivity index (χ2v) is 7.46. The van der Waals surface area contributed by atoms with Crippen molar-refractivity contribution in [2.45, 2.75) is 39.2 Å². The Morgan fingerprint density at radius 2 is 2.12 bits per heavy atom. The molecule has 1 aliphatic rings. The number of hydrogen-bond acceptors (Lipinski definition) is 4. The SMILES string of the molecule is Cc1cccc(-c2nc3sc4c(c3c(=O)n2CCO)CCCC4)c1. The fourth-order valence-corrected chi connectivity index (χ4v) is 4.80. The van der Waals surface area contributed by atoms with E-state index in [4.69, 9.17) is 4.98 Å². The molecule has 124 valence electrons. The Bertz CT molecular complexity index is 971. The molecule has 4 rings (SSSR count). The molecule has 0 bridgehead atoms. The number of aromatic nitrogens is 2. The van der Waals surface area contributed by atoms with Crippen LogP contribution in [-0.4, -0.2) is 21.3 Å². The van der Waals surface area contributed by atoms with Gasteiger partial charge in [-0.25, -0.2) is 4.98 Å². The Hall–Kier alpha value is -1.98. The summed E-state index contributed by atoms with van der Waals surface area (Å²) in [6, 6.07) is 8.01. The summed E-state index contributed by atoms with van der Waals surface area (Å²) >= 11 is 1.67. The molecule has 0 spiro atoms. The molecule has 3 aromatic rings. The van der Waals surface area contributed by atoms with Gasteiger partial charge in [-0.05, 0) is 44.2 Å². The molecule has 0 aliphatic heterocycles. The number of rotatable bonds is 3. The second-order valence-electron chi connectivity index (χ2n) is 6.38. The first-order valence-corrected chi connectivity index (χ1v) is 9.23. The van der Waals surface area contributed by atoms with Crippen LogP contribution in [0.15, 0.2) is 29.1 Å². The molecule has 0 atom stereocenters. The summed E-state index contributed by atoms with van der Waals surface area (Å²) in [5, 5.41) is 10.2. The van der Waals surface area contributed by atoms with Crippen molar-refractivity contribution in [2.75, 3.05) is 6.61 Å². The lowest BCUT2D eigenvalue weighted by Crippen LogP contribution is -2.25. The lowest BCUT2D eigenvalue weighted by molar-refractivity contribution is 0.274. The standard InChI is InChI=1S/C19H20N2O2S/c1-12-5-4-6-13(11-12)17-20-18-16(19(23)21(17)9-10-22)14-7-2-3-8-15(14)24-18/h4-6,11,22H,2-3,7-10H2,1H3. The fourth-order valence-electron chi connectivity index (χ4n) is 3.55. The molecule has 0 fully saturated rings. The average Bonchev–Trinajstić information content (AvgIpc) is 2.96. The maximum Gasteiger partial charge on any atom is 0.262 e. The van der Waals surface area contributed by atoms with Crippen molar-refractivity contribution in [1.82, 2.24) is 9.55 Å². The first kappa shape index (κ1) is 15.5. The van der Waals surface area contributed by atoms with Crippen LogP contribution in [-0.2, 0) is 19.4 Å². The molecule has 0 unspecified atom stereocenters. The molecule has 1 aliphatic carbocycles. The van der Waals surface area contributed by atoms with Crippen LogP contribution in [0.3, 0.4) is 0 Å². The van der Waals surface area contributed by atoms with Gasteiger partial charge < -0.3 is 5.11 Å². The van der Waals surface area contributed by atoms with Gasteiger partial charge in [0.05, 0.1) is 18.5 Å². The van der Waals surface area contributed by atoms with E-state index in [1.165, 1.54) is 16.9 Å². The zero-order chi connectivity index (χ0) is 16.7. The highest BCUT2D eigenvalue weighted by Gasteiger charge is 2.22. The van der Waals surface area contributed by atoms with E-state index in [1.807, 2.05) is 31.2 Å². The Labute approximate surface area is 144 Å². The van der Waals surface area contributed by atoms with Crippen LogP contribution in [0.5, 0.6) is 0 Å². The molecule has 2 aromatic heterocycles. The molecule has 24 heavy (non-hydrogen) atoms. The van der Waals surface area contributed by atoms with E-state index in [0.717, 1.165) is 40.6 Å². The number of benzene rings is 1. The highest BCUT2D eigenvalue weighted by Crippen LogP contribution is 2.34. The predicted octanol–water partition coefficient (Wildman–Crippen LogP) is 3.30. The molecule has 5 heteroatoms. The summed E-state index contributed by atoms with van der Waals surface area (Å²) in [6.45, 7) is 2.23. The van der Waals surface area contributed by atoms with Gasteiger partial charge in [0.25, 0.3) is 5.56 Å². The van der Waals surface area contributed by atoms with Crippen LogP contribution < -0.4 is 5.56 Å².